The lowest BCUT2D eigenvalue weighted by atomic mass is 10.1. The van der Waals surface area contributed by atoms with Crippen LogP contribution in [0.1, 0.15) is 18.1 Å². The molecule has 0 unspecified atom stereocenters. The summed E-state index contributed by atoms with van der Waals surface area (Å²) >= 11 is 0. The minimum atomic E-state index is -3.77. The van der Waals surface area contributed by atoms with Crippen LogP contribution in [0.25, 0.3) is 0 Å². The van der Waals surface area contributed by atoms with Gasteiger partial charge in [-0.1, -0.05) is 53.2 Å². The first kappa shape index (κ1) is 16.7. The lowest BCUT2D eigenvalue weighted by Crippen LogP contribution is -2.23. The van der Waals surface area contributed by atoms with Crippen molar-refractivity contribution in [1.29, 1.82) is 0 Å². The third kappa shape index (κ3) is 4.17. The first-order valence-corrected chi connectivity index (χ1v) is 8.33. The molecule has 0 aromatic heterocycles. The van der Waals surface area contributed by atoms with Crippen LogP contribution in [0, 0.1) is 6.92 Å². The number of nitrogens with zero attached hydrogens (tertiary/aromatic N) is 2. The molecule has 0 saturated carbocycles. The van der Waals surface area contributed by atoms with Crippen molar-refractivity contribution in [3.63, 3.8) is 0 Å². The molecule has 0 fully saturated rings. The van der Waals surface area contributed by atoms with Crippen LogP contribution in [0.2, 0.25) is 0 Å². The van der Waals surface area contributed by atoms with Gasteiger partial charge in [0.1, 0.15) is 5.71 Å². The molecule has 6 nitrogen and oxygen atoms in total. The minimum absolute atomic E-state index is 0.113. The zero-order valence-corrected chi connectivity index (χ0v) is 13.6. The summed E-state index contributed by atoms with van der Waals surface area (Å²) in [6, 6.07) is 15.3. The third-order valence-corrected chi connectivity index (χ3v) is 4.38. The largest absolute Gasteiger partial charge is 0.410 e. The molecular formula is C16H17N3O3S. The topological polar surface area (TPSA) is 91.1 Å². The predicted octanol–water partition coefficient (Wildman–Crippen LogP) is 2.53. The smallest absolute Gasteiger partial charge is 0.276 e. The Balaban J connectivity index is 2.23. The molecule has 2 aromatic rings. The highest BCUT2D eigenvalue weighted by Crippen LogP contribution is 2.10. The van der Waals surface area contributed by atoms with E-state index in [4.69, 9.17) is 5.21 Å². The van der Waals surface area contributed by atoms with Crippen LogP contribution in [0.15, 0.2) is 69.7 Å². The van der Waals surface area contributed by atoms with Gasteiger partial charge in [0.25, 0.3) is 10.0 Å². The van der Waals surface area contributed by atoms with Crippen molar-refractivity contribution in [2.24, 2.45) is 10.3 Å². The third-order valence-electron chi connectivity index (χ3n) is 3.15. The van der Waals surface area contributed by atoms with Crippen LogP contribution in [-0.2, 0) is 10.0 Å². The number of sulfonamides is 1. The summed E-state index contributed by atoms with van der Waals surface area (Å²) in [6.45, 7) is 3.43. The maximum Gasteiger partial charge on any atom is 0.276 e. The Kier molecular flexibility index (Phi) is 5.13. The van der Waals surface area contributed by atoms with Crippen molar-refractivity contribution < 1.29 is 13.6 Å². The molecule has 120 valence electrons. The number of aryl methyl sites for hydroxylation is 1. The lowest BCUT2D eigenvalue weighted by Gasteiger charge is -2.07. The van der Waals surface area contributed by atoms with Crippen LogP contribution in [0.3, 0.4) is 0 Å². The van der Waals surface area contributed by atoms with Gasteiger partial charge < -0.3 is 5.21 Å². The molecule has 23 heavy (non-hydrogen) atoms. The molecule has 0 heterocycles. The molecule has 0 bridgehead atoms. The van der Waals surface area contributed by atoms with E-state index in [9.17, 15) is 8.42 Å². The molecule has 0 aliphatic rings. The van der Waals surface area contributed by atoms with E-state index in [1.807, 2.05) is 13.0 Å². The molecule has 2 N–H and O–H groups in total. The molecule has 0 saturated heterocycles. The van der Waals surface area contributed by atoms with Gasteiger partial charge in [0.15, 0.2) is 0 Å². The zero-order valence-electron chi connectivity index (χ0n) is 12.8. The summed E-state index contributed by atoms with van der Waals surface area (Å²) in [7, 11) is -3.77. The second kappa shape index (κ2) is 7.06. The van der Waals surface area contributed by atoms with E-state index < -0.39 is 10.0 Å². The average Bonchev–Trinajstić information content (AvgIpc) is 2.55. The molecule has 7 heteroatoms. The Morgan fingerprint density at radius 2 is 1.65 bits per heavy atom. The molecular weight excluding hydrogens is 314 g/mol. The average molecular weight is 331 g/mol. The highest BCUT2D eigenvalue weighted by atomic mass is 32.2. The van der Waals surface area contributed by atoms with Gasteiger partial charge in [-0.05, 0) is 26.0 Å². The summed E-state index contributed by atoms with van der Waals surface area (Å²) in [5.74, 6) is 0. The monoisotopic (exact) mass is 331 g/mol. The fraction of sp³-hybridized carbons (Fsp3) is 0.125. The number of nitrogens with one attached hydrogen (secondary N) is 1. The van der Waals surface area contributed by atoms with Gasteiger partial charge in [-0.2, -0.15) is 18.4 Å². The van der Waals surface area contributed by atoms with Crippen molar-refractivity contribution in [2.45, 2.75) is 18.7 Å². The van der Waals surface area contributed by atoms with Crippen molar-refractivity contribution in [3.8, 4) is 0 Å². The van der Waals surface area contributed by atoms with E-state index in [0.29, 0.717) is 5.56 Å². The number of hydrogen-bond donors (Lipinski definition) is 2. The van der Waals surface area contributed by atoms with Crippen molar-refractivity contribution in [2.75, 3.05) is 0 Å². The summed E-state index contributed by atoms with van der Waals surface area (Å²) < 4.78 is 24.3. The first-order chi connectivity index (χ1) is 10.9. The van der Waals surface area contributed by atoms with Crippen molar-refractivity contribution >= 4 is 21.4 Å². The second-order valence-corrected chi connectivity index (χ2v) is 6.58. The molecule has 0 aliphatic heterocycles. The van der Waals surface area contributed by atoms with Gasteiger partial charge in [-0.25, -0.2) is 0 Å². The van der Waals surface area contributed by atoms with Crippen LogP contribution in [0.5, 0.6) is 0 Å². The first-order valence-electron chi connectivity index (χ1n) is 6.84. The SMILES string of the molecule is CC(=N\NS(=O)(=O)c1ccc(C)cc1)/C(=N/O)c1ccccc1. The Morgan fingerprint density at radius 3 is 2.22 bits per heavy atom. The fourth-order valence-corrected chi connectivity index (χ4v) is 2.74. The quantitative estimate of drug-likeness (QED) is 0.501. The van der Waals surface area contributed by atoms with Gasteiger partial charge in [0.2, 0.25) is 0 Å². The van der Waals surface area contributed by atoms with Gasteiger partial charge in [0, 0.05) is 5.56 Å². The Morgan fingerprint density at radius 1 is 1.04 bits per heavy atom. The fourth-order valence-electron chi connectivity index (χ4n) is 1.89. The standard InChI is InChI=1S/C16H17N3O3S/c1-12-8-10-15(11-9-12)23(21,22)19-17-13(2)16(18-20)14-6-4-3-5-7-14/h3-11,19-20H,1-2H3/b17-13+,18-16-. The maximum atomic E-state index is 12.2. The maximum absolute atomic E-state index is 12.2. The van der Waals surface area contributed by atoms with Crippen molar-refractivity contribution in [3.05, 3.63) is 65.7 Å². The lowest BCUT2D eigenvalue weighted by molar-refractivity contribution is 0.320. The number of benzene rings is 2. The van der Waals surface area contributed by atoms with Crippen LogP contribution in [-0.4, -0.2) is 25.0 Å². The van der Waals surface area contributed by atoms with E-state index in [0.717, 1.165) is 5.56 Å². The zero-order chi connectivity index (χ0) is 16.9. The second-order valence-electron chi connectivity index (χ2n) is 4.92. The van der Waals surface area contributed by atoms with Gasteiger partial charge in [-0.15, -0.1) is 0 Å². The van der Waals surface area contributed by atoms with Crippen LogP contribution < -0.4 is 4.83 Å². The van der Waals surface area contributed by atoms with Gasteiger partial charge in [0.05, 0.1) is 10.6 Å². The normalized spacial score (nSPS) is 13.0. The van der Waals surface area contributed by atoms with Gasteiger partial charge in [-0.3, -0.25) is 0 Å². The Labute approximate surface area is 135 Å². The summed E-state index contributed by atoms with van der Waals surface area (Å²) in [5, 5.41) is 16.2. The van der Waals surface area contributed by atoms with E-state index >= 15 is 0 Å². The van der Waals surface area contributed by atoms with Crippen LogP contribution in [0.4, 0.5) is 0 Å². The highest BCUT2D eigenvalue weighted by molar-refractivity contribution is 7.89. The molecule has 2 aromatic carbocycles. The molecule has 0 atom stereocenters. The van der Waals surface area contributed by atoms with Gasteiger partial charge >= 0.3 is 0 Å². The number of rotatable bonds is 5. The van der Waals surface area contributed by atoms with E-state index in [1.165, 1.54) is 12.1 Å². The minimum Gasteiger partial charge on any atom is -0.410 e. The number of hydrazone groups is 1. The van der Waals surface area contributed by atoms with Crippen LogP contribution >= 0.6 is 0 Å². The summed E-state index contributed by atoms with van der Waals surface area (Å²) in [4.78, 5) is 2.26. The number of hydrogen-bond acceptors (Lipinski definition) is 5. The van der Waals surface area contributed by atoms with E-state index in [2.05, 4.69) is 15.1 Å². The molecule has 2 rings (SSSR count). The number of oxime groups is 1. The molecule has 0 amide bonds. The summed E-state index contributed by atoms with van der Waals surface area (Å²) in [5.41, 5.74) is 2.03. The predicted molar refractivity (Wildman–Crippen MR) is 89.4 cm³/mol. The molecule has 0 radical (unpaired) electrons. The highest BCUT2D eigenvalue weighted by Gasteiger charge is 2.14. The van der Waals surface area contributed by atoms with E-state index in [1.54, 1.807) is 43.3 Å². The summed E-state index contributed by atoms with van der Waals surface area (Å²) in [6.07, 6.45) is 0. The Bertz CT molecular complexity index is 827. The Hall–Kier alpha value is -2.67. The van der Waals surface area contributed by atoms with Crippen molar-refractivity contribution in [1.82, 2.24) is 4.83 Å². The van der Waals surface area contributed by atoms with E-state index in [-0.39, 0.29) is 16.3 Å². The molecule has 0 spiro atoms. The molecule has 0 aliphatic carbocycles.